The zero-order valence-electron chi connectivity index (χ0n) is 17.1. The Hall–Kier alpha value is -3.22. The number of nitrogens with zero attached hydrogens (tertiary/aromatic N) is 4. The van der Waals surface area contributed by atoms with Gasteiger partial charge in [-0.3, -0.25) is 0 Å². The van der Waals surface area contributed by atoms with Gasteiger partial charge in [0, 0.05) is 44.8 Å². The Kier molecular flexibility index (Phi) is 5.29. The van der Waals surface area contributed by atoms with Crippen molar-refractivity contribution in [3.8, 4) is 5.75 Å². The van der Waals surface area contributed by atoms with Crippen LogP contribution in [0.4, 0.5) is 17.3 Å². The van der Waals surface area contributed by atoms with E-state index in [4.69, 9.17) is 4.74 Å². The maximum atomic E-state index is 12.0. The van der Waals surface area contributed by atoms with Crippen molar-refractivity contribution in [2.24, 2.45) is 0 Å². The van der Waals surface area contributed by atoms with Gasteiger partial charge in [-0.2, -0.15) is 0 Å². The van der Waals surface area contributed by atoms with E-state index in [1.165, 1.54) is 0 Å². The van der Waals surface area contributed by atoms with Crippen molar-refractivity contribution in [1.29, 1.82) is 0 Å². The molecular formula is C22H27N5O2. The summed E-state index contributed by atoms with van der Waals surface area (Å²) in [6.45, 7) is 5.13. The molecule has 1 fully saturated rings. The molecule has 1 atom stereocenters. The van der Waals surface area contributed by atoms with Gasteiger partial charge in [-0.05, 0) is 37.3 Å². The highest BCUT2D eigenvalue weighted by Crippen LogP contribution is 2.32. The summed E-state index contributed by atoms with van der Waals surface area (Å²) in [5.74, 6) is 2.70. The second-order valence-corrected chi connectivity index (χ2v) is 7.28. The van der Waals surface area contributed by atoms with Crippen molar-refractivity contribution >= 4 is 34.5 Å². The standard InChI is InChI=1S/C22H27N5O2/c1-4-25(2)19-8-6-10-23-22(19)26-11-12-27(16(14-26)15-28)21-13-17-18(24-21)7-5-9-20(17)29-3/h5-10,13,15-16,24H,4,11-12,14H2,1-3H3. The Balaban J connectivity index is 1.61. The van der Waals surface area contributed by atoms with Crippen LogP contribution < -0.4 is 19.4 Å². The summed E-state index contributed by atoms with van der Waals surface area (Å²) < 4.78 is 5.47. The van der Waals surface area contributed by atoms with E-state index in [1.54, 1.807) is 7.11 Å². The largest absolute Gasteiger partial charge is 0.496 e. The predicted molar refractivity (Wildman–Crippen MR) is 117 cm³/mol. The van der Waals surface area contributed by atoms with E-state index in [9.17, 15) is 4.79 Å². The Morgan fingerprint density at radius 2 is 2.17 bits per heavy atom. The third-order valence-corrected chi connectivity index (χ3v) is 5.67. The minimum Gasteiger partial charge on any atom is -0.496 e. The first-order chi connectivity index (χ1) is 14.2. The predicted octanol–water partition coefficient (Wildman–Crippen LogP) is 2.92. The van der Waals surface area contributed by atoms with Gasteiger partial charge in [0.2, 0.25) is 0 Å². The molecule has 0 amide bonds. The van der Waals surface area contributed by atoms with E-state index >= 15 is 0 Å². The number of carbonyl (C=O) groups excluding carboxylic acids is 1. The van der Waals surface area contributed by atoms with Gasteiger partial charge in [0.05, 0.1) is 18.3 Å². The lowest BCUT2D eigenvalue weighted by Gasteiger charge is -2.41. The molecule has 1 aliphatic rings. The van der Waals surface area contributed by atoms with Crippen molar-refractivity contribution in [2.75, 3.05) is 55.0 Å². The van der Waals surface area contributed by atoms with Crippen LogP contribution in [0.2, 0.25) is 0 Å². The van der Waals surface area contributed by atoms with E-state index in [1.807, 2.05) is 30.5 Å². The quantitative estimate of drug-likeness (QED) is 0.650. The first-order valence-electron chi connectivity index (χ1n) is 9.95. The van der Waals surface area contributed by atoms with Crippen LogP contribution in [0.3, 0.4) is 0 Å². The van der Waals surface area contributed by atoms with Crippen LogP contribution in [0.15, 0.2) is 42.6 Å². The number of carbonyl (C=O) groups is 1. The molecule has 3 aromatic rings. The second-order valence-electron chi connectivity index (χ2n) is 7.28. The molecule has 1 aromatic carbocycles. The monoisotopic (exact) mass is 393 g/mol. The van der Waals surface area contributed by atoms with Gasteiger partial charge in [-0.15, -0.1) is 0 Å². The van der Waals surface area contributed by atoms with Crippen molar-refractivity contribution in [3.63, 3.8) is 0 Å². The van der Waals surface area contributed by atoms with Crippen LogP contribution in [0.1, 0.15) is 6.92 Å². The van der Waals surface area contributed by atoms with Crippen LogP contribution in [0, 0.1) is 0 Å². The van der Waals surface area contributed by atoms with E-state index in [-0.39, 0.29) is 6.04 Å². The minimum absolute atomic E-state index is 0.260. The number of hydrogen-bond donors (Lipinski definition) is 1. The molecule has 1 saturated heterocycles. The van der Waals surface area contributed by atoms with Gasteiger partial charge in [0.25, 0.3) is 0 Å². The fraction of sp³-hybridized carbons (Fsp3) is 0.364. The van der Waals surface area contributed by atoms with E-state index in [2.05, 4.69) is 50.8 Å². The van der Waals surface area contributed by atoms with E-state index in [0.29, 0.717) is 6.54 Å². The molecule has 0 radical (unpaired) electrons. The number of aromatic nitrogens is 2. The number of benzene rings is 1. The van der Waals surface area contributed by atoms with Gasteiger partial charge in [-0.25, -0.2) is 4.98 Å². The smallest absolute Gasteiger partial charge is 0.152 e. The average Bonchev–Trinajstić information content (AvgIpc) is 3.22. The maximum Gasteiger partial charge on any atom is 0.152 e. The molecule has 0 aliphatic carbocycles. The molecule has 1 N–H and O–H groups in total. The number of anilines is 3. The van der Waals surface area contributed by atoms with Gasteiger partial charge in [0.1, 0.15) is 23.9 Å². The number of nitrogens with one attached hydrogen (secondary N) is 1. The van der Waals surface area contributed by atoms with Crippen molar-refractivity contribution in [1.82, 2.24) is 9.97 Å². The molecule has 0 saturated carbocycles. The summed E-state index contributed by atoms with van der Waals surface area (Å²) >= 11 is 0. The maximum absolute atomic E-state index is 12.0. The molecule has 0 spiro atoms. The third-order valence-electron chi connectivity index (χ3n) is 5.67. The highest BCUT2D eigenvalue weighted by atomic mass is 16.5. The number of aromatic amines is 1. The summed E-state index contributed by atoms with van der Waals surface area (Å²) in [5, 5.41) is 1.02. The number of H-pyrrole nitrogens is 1. The number of pyridine rings is 1. The van der Waals surface area contributed by atoms with E-state index < -0.39 is 0 Å². The first kappa shape index (κ1) is 19.1. The molecule has 152 valence electrons. The summed E-state index contributed by atoms with van der Waals surface area (Å²) in [6, 6.07) is 11.8. The fourth-order valence-electron chi connectivity index (χ4n) is 3.96. The van der Waals surface area contributed by atoms with Gasteiger partial charge in [0.15, 0.2) is 5.82 Å². The molecule has 7 nitrogen and oxygen atoms in total. The topological polar surface area (TPSA) is 64.7 Å². The zero-order valence-corrected chi connectivity index (χ0v) is 17.1. The van der Waals surface area contributed by atoms with Crippen LogP contribution in [-0.2, 0) is 4.79 Å². The Labute approximate surface area is 170 Å². The van der Waals surface area contributed by atoms with Crippen molar-refractivity contribution in [2.45, 2.75) is 13.0 Å². The number of piperazine rings is 1. The lowest BCUT2D eigenvalue weighted by atomic mass is 10.1. The highest BCUT2D eigenvalue weighted by molar-refractivity contribution is 5.90. The summed E-state index contributed by atoms with van der Waals surface area (Å²) in [4.78, 5) is 26.6. The molecule has 4 rings (SSSR count). The SMILES string of the molecule is CCN(C)c1cccnc1N1CCN(c2cc3c(OC)cccc3[nH]2)C(C=O)C1. The van der Waals surface area contributed by atoms with Crippen molar-refractivity contribution in [3.05, 3.63) is 42.6 Å². The molecular weight excluding hydrogens is 366 g/mol. The summed E-state index contributed by atoms with van der Waals surface area (Å²) in [7, 11) is 3.73. The minimum atomic E-state index is -0.260. The van der Waals surface area contributed by atoms with Gasteiger partial charge in [-0.1, -0.05) is 6.07 Å². The number of hydrogen-bond acceptors (Lipinski definition) is 6. The molecule has 2 aromatic heterocycles. The molecule has 29 heavy (non-hydrogen) atoms. The number of rotatable bonds is 6. The van der Waals surface area contributed by atoms with Gasteiger partial charge < -0.3 is 29.2 Å². The number of ether oxygens (including phenoxy) is 1. The normalized spacial score (nSPS) is 16.9. The molecule has 0 bridgehead atoms. The molecule has 1 aliphatic heterocycles. The van der Waals surface area contributed by atoms with Crippen LogP contribution in [0.25, 0.3) is 10.9 Å². The Bertz CT molecular complexity index is 1000. The molecule has 1 unspecified atom stereocenters. The van der Waals surface area contributed by atoms with Crippen LogP contribution in [0.5, 0.6) is 5.75 Å². The molecule has 7 heteroatoms. The van der Waals surface area contributed by atoms with Gasteiger partial charge >= 0.3 is 0 Å². The fourth-order valence-corrected chi connectivity index (χ4v) is 3.96. The summed E-state index contributed by atoms with van der Waals surface area (Å²) in [5.41, 5.74) is 2.09. The second kappa shape index (κ2) is 8.03. The lowest BCUT2D eigenvalue weighted by Crippen LogP contribution is -2.54. The highest BCUT2D eigenvalue weighted by Gasteiger charge is 2.30. The average molecular weight is 393 g/mol. The Morgan fingerprint density at radius 1 is 1.31 bits per heavy atom. The van der Waals surface area contributed by atoms with Crippen LogP contribution in [-0.4, -0.2) is 62.6 Å². The lowest BCUT2D eigenvalue weighted by molar-refractivity contribution is -0.109. The first-order valence-corrected chi connectivity index (χ1v) is 9.95. The summed E-state index contributed by atoms with van der Waals surface area (Å²) in [6.07, 6.45) is 2.84. The molecule has 3 heterocycles. The van der Waals surface area contributed by atoms with Crippen molar-refractivity contribution < 1.29 is 9.53 Å². The number of methoxy groups -OCH3 is 1. The Morgan fingerprint density at radius 3 is 2.93 bits per heavy atom. The van der Waals surface area contributed by atoms with Crippen LogP contribution >= 0.6 is 0 Å². The zero-order chi connectivity index (χ0) is 20.4. The number of fused-ring (bicyclic) bond motifs is 1. The number of aldehydes is 1. The third kappa shape index (κ3) is 3.48. The van der Waals surface area contributed by atoms with E-state index in [0.717, 1.165) is 59.9 Å².